The van der Waals surface area contributed by atoms with Crippen LogP contribution in [0.5, 0.6) is 11.5 Å². The zero-order valence-electron chi connectivity index (χ0n) is 12.3. The molecule has 2 rings (SSSR count). The van der Waals surface area contributed by atoms with Crippen molar-refractivity contribution in [1.82, 2.24) is 0 Å². The second-order valence-electron chi connectivity index (χ2n) is 4.66. The lowest BCUT2D eigenvalue weighted by Crippen LogP contribution is -2.06. The minimum atomic E-state index is -1.14. The van der Waals surface area contributed by atoms with Gasteiger partial charge in [-0.1, -0.05) is 24.3 Å². The summed E-state index contributed by atoms with van der Waals surface area (Å²) in [5, 5.41) is 18.6. The molecular formula is C17H15FO5. The summed E-state index contributed by atoms with van der Waals surface area (Å²) in [6.45, 7) is 0.00734. The summed E-state index contributed by atoms with van der Waals surface area (Å²) in [7, 11) is 1.36. The van der Waals surface area contributed by atoms with Crippen molar-refractivity contribution in [3.8, 4) is 11.5 Å². The van der Waals surface area contributed by atoms with E-state index in [1.165, 1.54) is 13.2 Å². The average molecular weight is 318 g/mol. The van der Waals surface area contributed by atoms with Crippen molar-refractivity contribution in [2.24, 2.45) is 0 Å². The van der Waals surface area contributed by atoms with Crippen molar-refractivity contribution in [3.05, 3.63) is 65.7 Å². The van der Waals surface area contributed by atoms with Crippen molar-refractivity contribution in [2.75, 3.05) is 7.11 Å². The van der Waals surface area contributed by atoms with E-state index in [0.29, 0.717) is 11.1 Å². The number of hydrogen-bond donors (Lipinski definition) is 2. The van der Waals surface area contributed by atoms with Gasteiger partial charge in [0.2, 0.25) is 0 Å². The van der Waals surface area contributed by atoms with Crippen LogP contribution in [0.4, 0.5) is 4.39 Å². The van der Waals surface area contributed by atoms with Crippen molar-refractivity contribution >= 4 is 11.5 Å². The van der Waals surface area contributed by atoms with Crippen LogP contribution < -0.4 is 4.74 Å². The molecule has 0 heterocycles. The fraction of sp³-hybridized carbons (Fsp3) is 0.118. The Bertz CT molecular complexity index is 719. The maximum absolute atomic E-state index is 13.2. The summed E-state index contributed by atoms with van der Waals surface area (Å²) < 4.78 is 23.5. The van der Waals surface area contributed by atoms with Gasteiger partial charge in [0.05, 0.1) is 13.4 Å². The molecule has 2 aromatic carbocycles. The minimum absolute atomic E-state index is 0.00734. The quantitative estimate of drug-likeness (QED) is 0.632. The number of phenols is 1. The molecule has 6 heteroatoms. The highest BCUT2D eigenvalue weighted by atomic mass is 19.1. The standard InChI is InChI=1S/C17H15FO5/c1-22-10-16(17(20)21)15-5-3-2-4-11(15)9-23-14-7-12(18)6-13(19)8-14/h2-8,10,19H,9H2,1H3,(H,20,21). The van der Waals surface area contributed by atoms with Crippen LogP contribution in [0.1, 0.15) is 11.1 Å². The molecular weight excluding hydrogens is 303 g/mol. The van der Waals surface area contributed by atoms with E-state index in [1.54, 1.807) is 24.3 Å². The molecule has 23 heavy (non-hydrogen) atoms. The molecule has 0 spiro atoms. The number of ether oxygens (including phenoxy) is 2. The van der Waals surface area contributed by atoms with Crippen LogP contribution in [-0.2, 0) is 16.1 Å². The number of benzene rings is 2. The van der Waals surface area contributed by atoms with E-state index in [9.17, 15) is 19.4 Å². The lowest BCUT2D eigenvalue weighted by atomic mass is 10.0. The maximum Gasteiger partial charge on any atom is 0.339 e. The fourth-order valence-electron chi connectivity index (χ4n) is 2.05. The van der Waals surface area contributed by atoms with Crippen LogP contribution in [-0.4, -0.2) is 23.3 Å². The highest BCUT2D eigenvalue weighted by molar-refractivity contribution is 6.15. The second-order valence-corrected chi connectivity index (χ2v) is 4.66. The van der Waals surface area contributed by atoms with Crippen LogP contribution in [0.2, 0.25) is 0 Å². The lowest BCUT2D eigenvalue weighted by molar-refractivity contribution is -0.130. The normalized spacial score (nSPS) is 11.1. The molecule has 0 aliphatic carbocycles. The van der Waals surface area contributed by atoms with Gasteiger partial charge in [-0.05, 0) is 11.1 Å². The van der Waals surface area contributed by atoms with Gasteiger partial charge in [-0.25, -0.2) is 9.18 Å². The number of carbonyl (C=O) groups is 1. The number of aliphatic carboxylic acids is 1. The molecule has 0 fully saturated rings. The van der Waals surface area contributed by atoms with Gasteiger partial charge in [0, 0.05) is 18.2 Å². The van der Waals surface area contributed by atoms with E-state index < -0.39 is 11.8 Å². The Morgan fingerprint density at radius 3 is 2.65 bits per heavy atom. The van der Waals surface area contributed by atoms with Crippen LogP contribution in [0.15, 0.2) is 48.7 Å². The first-order valence-corrected chi connectivity index (χ1v) is 6.68. The Labute approximate surface area is 132 Å². The first-order chi connectivity index (χ1) is 11.0. The largest absolute Gasteiger partial charge is 0.508 e. The van der Waals surface area contributed by atoms with Gasteiger partial charge in [0.1, 0.15) is 29.5 Å². The van der Waals surface area contributed by atoms with Gasteiger partial charge in [0.15, 0.2) is 0 Å². The lowest BCUT2D eigenvalue weighted by Gasteiger charge is -2.12. The molecule has 2 aromatic rings. The zero-order chi connectivity index (χ0) is 16.8. The summed E-state index contributed by atoms with van der Waals surface area (Å²) in [4.78, 5) is 11.3. The Balaban J connectivity index is 2.27. The Hall–Kier alpha value is -3.02. The zero-order valence-corrected chi connectivity index (χ0v) is 12.3. The summed E-state index contributed by atoms with van der Waals surface area (Å²) >= 11 is 0. The SMILES string of the molecule is COC=C(C(=O)O)c1ccccc1COc1cc(O)cc(F)c1. The third kappa shape index (κ3) is 4.23. The van der Waals surface area contributed by atoms with Crippen molar-refractivity contribution in [1.29, 1.82) is 0 Å². The molecule has 0 amide bonds. The Morgan fingerprint density at radius 2 is 2.00 bits per heavy atom. The van der Waals surface area contributed by atoms with E-state index in [2.05, 4.69) is 0 Å². The summed E-state index contributed by atoms with van der Waals surface area (Å²) in [6.07, 6.45) is 1.13. The number of methoxy groups -OCH3 is 1. The van der Waals surface area contributed by atoms with Crippen molar-refractivity contribution < 1.29 is 28.9 Å². The molecule has 0 aromatic heterocycles. The molecule has 2 N–H and O–H groups in total. The van der Waals surface area contributed by atoms with Crippen molar-refractivity contribution in [3.63, 3.8) is 0 Å². The molecule has 0 aliphatic heterocycles. The van der Waals surface area contributed by atoms with Crippen LogP contribution in [0.3, 0.4) is 0 Å². The van der Waals surface area contributed by atoms with E-state index in [1.807, 2.05) is 0 Å². The summed E-state index contributed by atoms with van der Waals surface area (Å²) in [6, 6.07) is 10.1. The number of hydrogen-bond acceptors (Lipinski definition) is 4. The van der Waals surface area contributed by atoms with Gasteiger partial charge in [0.25, 0.3) is 0 Å². The molecule has 120 valence electrons. The van der Waals surface area contributed by atoms with E-state index in [4.69, 9.17) is 9.47 Å². The number of halogens is 1. The van der Waals surface area contributed by atoms with E-state index in [0.717, 1.165) is 18.4 Å². The van der Waals surface area contributed by atoms with Gasteiger partial charge < -0.3 is 19.7 Å². The molecule has 0 radical (unpaired) electrons. The molecule has 0 saturated heterocycles. The predicted molar refractivity (Wildman–Crippen MR) is 81.5 cm³/mol. The minimum Gasteiger partial charge on any atom is -0.508 e. The Morgan fingerprint density at radius 1 is 1.26 bits per heavy atom. The number of rotatable bonds is 6. The van der Waals surface area contributed by atoms with E-state index >= 15 is 0 Å². The van der Waals surface area contributed by atoms with Gasteiger partial charge >= 0.3 is 5.97 Å². The monoisotopic (exact) mass is 318 g/mol. The molecule has 0 unspecified atom stereocenters. The molecule has 0 atom stereocenters. The second kappa shape index (κ2) is 7.31. The molecule has 0 aliphatic rings. The third-order valence-electron chi connectivity index (χ3n) is 3.02. The average Bonchev–Trinajstić information content (AvgIpc) is 2.50. The Kier molecular flexibility index (Phi) is 5.19. The molecule has 5 nitrogen and oxygen atoms in total. The number of carboxylic acids is 1. The van der Waals surface area contributed by atoms with E-state index in [-0.39, 0.29) is 23.7 Å². The maximum atomic E-state index is 13.2. The van der Waals surface area contributed by atoms with Crippen LogP contribution in [0, 0.1) is 5.82 Å². The number of phenolic OH excluding ortho intramolecular Hbond substituents is 1. The fourth-order valence-corrected chi connectivity index (χ4v) is 2.05. The summed E-state index contributed by atoms with van der Waals surface area (Å²) in [5.74, 6) is -1.87. The van der Waals surface area contributed by atoms with Gasteiger partial charge in [-0.2, -0.15) is 0 Å². The molecule has 0 bridgehead atoms. The topological polar surface area (TPSA) is 76.0 Å². The van der Waals surface area contributed by atoms with Crippen LogP contribution >= 0.6 is 0 Å². The molecule has 0 saturated carbocycles. The van der Waals surface area contributed by atoms with Gasteiger partial charge in [-0.3, -0.25) is 0 Å². The van der Waals surface area contributed by atoms with Crippen molar-refractivity contribution in [2.45, 2.75) is 6.61 Å². The van der Waals surface area contributed by atoms with Crippen LogP contribution in [0.25, 0.3) is 5.57 Å². The first kappa shape index (κ1) is 16.4. The highest BCUT2D eigenvalue weighted by Gasteiger charge is 2.15. The smallest absolute Gasteiger partial charge is 0.339 e. The third-order valence-corrected chi connectivity index (χ3v) is 3.02. The first-order valence-electron chi connectivity index (χ1n) is 6.68. The van der Waals surface area contributed by atoms with Gasteiger partial charge in [-0.15, -0.1) is 0 Å². The summed E-state index contributed by atoms with van der Waals surface area (Å²) in [5.41, 5.74) is 0.998. The number of aromatic hydroxyl groups is 1. The highest BCUT2D eigenvalue weighted by Crippen LogP contribution is 2.24. The predicted octanol–water partition coefficient (Wildman–Crippen LogP) is 3.18. The number of carboxylic acid groups (broad SMARTS) is 1.